The van der Waals surface area contributed by atoms with Crippen molar-refractivity contribution in [3.8, 4) is 0 Å². The minimum Gasteiger partial charge on any atom is -0.305 e. The number of nitrogens with one attached hydrogen (secondary N) is 2. The zero-order valence-electron chi connectivity index (χ0n) is 8.11. The van der Waals surface area contributed by atoms with E-state index in [0.29, 0.717) is 5.69 Å². The summed E-state index contributed by atoms with van der Waals surface area (Å²) >= 11 is 0. The van der Waals surface area contributed by atoms with Gasteiger partial charge in [0.15, 0.2) is 0 Å². The minimum absolute atomic E-state index is 0.376. The van der Waals surface area contributed by atoms with Crippen LogP contribution in [0.2, 0.25) is 0 Å². The first kappa shape index (κ1) is 10.2. The zero-order chi connectivity index (χ0) is 10.4. The van der Waals surface area contributed by atoms with Gasteiger partial charge in [0, 0.05) is 11.9 Å². The summed E-state index contributed by atoms with van der Waals surface area (Å²) in [7, 11) is 0. The van der Waals surface area contributed by atoms with Crippen molar-refractivity contribution < 1.29 is 4.79 Å². The summed E-state index contributed by atoms with van der Waals surface area (Å²) in [5, 5.41) is 6.33. The van der Waals surface area contributed by atoms with Crippen molar-refractivity contribution in [2.24, 2.45) is 5.10 Å². The second-order valence-corrected chi connectivity index (χ2v) is 2.87. The second kappa shape index (κ2) is 4.96. The maximum Gasteiger partial charge on any atom is 0.339 e. The number of carbonyl (C=O) groups excluding carboxylic acids is 1. The number of urea groups is 1. The van der Waals surface area contributed by atoms with Crippen LogP contribution in [-0.4, -0.2) is 16.7 Å². The fraction of sp³-hybridized carbons (Fsp3) is 0.222. The molecule has 0 spiro atoms. The number of pyridine rings is 1. The van der Waals surface area contributed by atoms with Crippen LogP contribution in [0, 0.1) is 0 Å². The third-order valence-corrected chi connectivity index (χ3v) is 1.30. The number of amides is 2. The molecule has 0 aliphatic rings. The molecule has 1 heterocycles. The van der Waals surface area contributed by atoms with Gasteiger partial charge in [-0.1, -0.05) is 0 Å². The standard InChI is InChI=1S/C9H12N4O/c1-7(2)12-13-9(14)11-8-4-3-5-10-6-8/h3-6H,1-2H3,(H2,11,13,14). The van der Waals surface area contributed by atoms with Gasteiger partial charge in [-0.25, -0.2) is 10.2 Å². The molecule has 1 aromatic rings. The fourth-order valence-corrected chi connectivity index (χ4v) is 0.758. The average Bonchev–Trinajstić information content (AvgIpc) is 2.16. The summed E-state index contributed by atoms with van der Waals surface area (Å²) in [5.41, 5.74) is 3.76. The summed E-state index contributed by atoms with van der Waals surface area (Å²) < 4.78 is 0. The molecule has 0 atom stereocenters. The number of hydrazone groups is 1. The predicted octanol–water partition coefficient (Wildman–Crippen LogP) is 1.60. The van der Waals surface area contributed by atoms with Gasteiger partial charge in [0.2, 0.25) is 0 Å². The molecule has 1 rings (SSSR count). The number of aromatic nitrogens is 1. The maximum absolute atomic E-state index is 11.2. The first-order chi connectivity index (χ1) is 6.68. The molecule has 0 fully saturated rings. The molecular weight excluding hydrogens is 180 g/mol. The Bertz CT molecular complexity index is 330. The van der Waals surface area contributed by atoms with Crippen LogP contribution in [0.5, 0.6) is 0 Å². The van der Waals surface area contributed by atoms with Crippen LogP contribution in [-0.2, 0) is 0 Å². The van der Waals surface area contributed by atoms with Crippen molar-refractivity contribution in [3.63, 3.8) is 0 Å². The van der Waals surface area contributed by atoms with E-state index in [4.69, 9.17) is 0 Å². The number of hydrogen-bond donors (Lipinski definition) is 2. The van der Waals surface area contributed by atoms with Crippen LogP contribution in [0.1, 0.15) is 13.8 Å². The van der Waals surface area contributed by atoms with Crippen LogP contribution in [0.15, 0.2) is 29.6 Å². The lowest BCUT2D eigenvalue weighted by Crippen LogP contribution is -2.24. The third-order valence-electron chi connectivity index (χ3n) is 1.30. The Labute approximate surface area is 82.2 Å². The number of hydrogen-bond acceptors (Lipinski definition) is 3. The molecule has 74 valence electrons. The largest absolute Gasteiger partial charge is 0.339 e. The van der Waals surface area contributed by atoms with Crippen LogP contribution in [0.25, 0.3) is 0 Å². The summed E-state index contributed by atoms with van der Waals surface area (Å²) in [6.45, 7) is 3.59. The van der Waals surface area contributed by atoms with Gasteiger partial charge < -0.3 is 5.32 Å². The van der Waals surface area contributed by atoms with E-state index in [1.54, 1.807) is 38.4 Å². The van der Waals surface area contributed by atoms with E-state index >= 15 is 0 Å². The molecule has 0 unspecified atom stereocenters. The Morgan fingerprint density at radius 3 is 2.86 bits per heavy atom. The van der Waals surface area contributed by atoms with Gasteiger partial charge in [0.1, 0.15) is 0 Å². The number of nitrogens with zero attached hydrogens (tertiary/aromatic N) is 2. The van der Waals surface area contributed by atoms with Gasteiger partial charge in [-0.3, -0.25) is 4.98 Å². The first-order valence-corrected chi connectivity index (χ1v) is 4.16. The normalized spacial score (nSPS) is 9.00. The lowest BCUT2D eigenvalue weighted by Gasteiger charge is -2.02. The zero-order valence-corrected chi connectivity index (χ0v) is 8.11. The molecule has 0 saturated heterocycles. The van der Waals surface area contributed by atoms with Crippen molar-refractivity contribution in [3.05, 3.63) is 24.5 Å². The Morgan fingerprint density at radius 1 is 1.50 bits per heavy atom. The molecule has 5 nitrogen and oxygen atoms in total. The highest BCUT2D eigenvalue weighted by molar-refractivity contribution is 5.90. The molecule has 1 aromatic heterocycles. The predicted molar refractivity (Wildman–Crippen MR) is 55.2 cm³/mol. The van der Waals surface area contributed by atoms with Crippen LogP contribution >= 0.6 is 0 Å². The number of anilines is 1. The van der Waals surface area contributed by atoms with E-state index in [0.717, 1.165) is 5.71 Å². The number of carbonyl (C=O) groups is 1. The number of rotatable bonds is 2. The molecule has 2 N–H and O–H groups in total. The fourth-order valence-electron chi connectivity index (χ4n) is 0.758. The maximum atomic E-state index is 11.2. The van der Waals surface area contributed by atoms with Gasteiger partial charge in [0.25, 0.3) is 0 Å². The Hall–Kier alpha value is -1.91. The molecule has 0 bridgehead atoms. The van der Waals surface area contributed by atoms with Gasteiger partial charge in [-0.05, 0) is 26.0 Å². The molecule has 0 aromatic carbocycles. The lowest BCUT2D eigenvalue weighted by molar-refractivity contribution is 0.252. The van der Waals surface area contributed by atoms with Crippen LogP contribution in [0.3, 0.4) is 0 Å². The van der Waals surface area contributed by atoms with E-state index in [2.05, 4.69) is 20.8 Å². The summed E-state index contributed by atoms with van der Waals surface area (Å²) in [4.78, 5) is 15.0. The van der Waals surface area contributed by atoms with E-state index < -0.39 is 0 Å². The topological polar surface area (TPSA) is 66.4 Å². The smallest absolute Gasteiger partial charge is 0.305 e. The average molecular weight is 192 g/mol. The highest BCUT2D eigenvalue weighted by Crippen LogP contribution is 2.01. The highest BCUT2D eigenvalue weighted by Gasteiger charge is 1.98. The summed E-state index contributed by atoms with van der Waals surface area (Å²) in [5.74, 6) is 0. The van der Waals surface area contributed by atoms with E-state index in [1.165, 1.54) is 0 Å². The van der Waals surface area contributed by atoms with E-state index in [1.807, 2.05) is 0 Å². The van der Waals surface area contributed by atoms with Crippen molar-refractivity contribution in [2.75, 3.05) is 5.32 Å². The van der Waals surface area contributed by atoms with Gasteiger partial charge in [-0.15, -0.1) is 0 Å². The molecule has 0 saturated carbocycles. The molecule has 0 aliphatic carbocycles. The minimum atomic E-state index is -0.376. The Balaban J connectivity index is 2.46. The Kier molecular flexibility index (Phi) is 3.60. The quantitative estimate of drug-likeness (QED) is 0.552. The second-order valence-electron chi connectivity index (χ2n) is 2.87. The van der Waals surface area contributed by atoms with Gasteiger partial charge in [-0.2, -0.15) is 5.10 Å². The molecule has 5 heteroatoms. The van der Waals surface area contributed by atoms with Crippen LogP contribution in [0.4, 0.5) is 10.5 Å². The van der Waals surface area contributed by atoms with Crippen molar-refractivity contribution in [1.29, 1.82) is 0 Å². The van der Waals surface area contributed by atoms with Crippen molar-refractivity contribution >= 4 is 17.4 Å². The Morgan fingerprint density at radius 2 is 2.29 bits per heavy atom. The SMILES string of the molecule is CC(C)=NNC(=O)Nc1cccnc1. The summed E-state index contributed by atoms with van der Waals surface area (Å²) in [6, 6.07) is 3.11. The monoisotopic (exact) mass is 192 g/mol. The molecule has 2 amide bonds. The molecule has 0 radical (unpaired) electrons. The van der Waals surface area contributed by atoms with Crippen molar-refractivity contribution in [1.82, 2.24) is 10.4 Å². The molecular formula is C9H12N4O. The van der Waals surface area contributed by atoms with Crippen LogP contribution < -0.4 is 10.7 Å². The highest BCUT2D eigenvalue weighted by atomic mass is 16.2. The van der Waals surface area contributed by atoms with Gasteiger partial charge >= 0.3 is 6.03 Å². The molecule has 14 heavy (non-hydrogen) atoms. The molecule has 0 aliphatic heterocycles. The lowest BCUT2D eigenvalue weighted by atomic mass is 10.4. The third kappa shape index (κ3) is 3.66. The first-order valence-electron chi connectivity index (χ1n) is 4.16. The summed E-state index contributed by atoms with van der Waals surface area (Å²) in [6.07, 6.45) is 3.19. The van der Waals surface area contributed by atoms with E-state index in [-0.39, 0.29) is 6.03 Å². The van der Waals surface area contributed by atoms with Crippen molar-refractivity contribution in [2.45, 2.75) is 13.8 Å². The van der Waals surface area contributed by atoms with Gasteiger partial charge in [0.05, 0.1) is 11.9 Å². The van der Waals surface area contributed by atoms with E-state index in [9.17, 15) is 4.79 Å².